The van der Waals surface area contributed by atoms with Crippen LogP contribution in [0.5, 0.6) is 5.75 Å². The van der Waals surface area contributed by atoms with Crippen LogP contribution in [0.2, 0.25) is 5.02 Å². The zero-order chi connectivity index (χ0) is 14.7. The van der Waals surface area contributed by atoms with Gasteiger partial charge < -0.3 is 4.74 Å². The normalized spacial score (nSPS) is 12.2. The van der Waals surface area contributed by atoms with Crippen molar-refractivity contribution in [2.75, 3.05) is 6.61 Å². The van der Waals surface area contributed by atoms with Crippen LogP contribution in [-0.4, -0.2) is 6.61 Å². The highest BCUT2D eigenvalue weighted by molar-refractivity contribution is 9.10. The van der Waals surface area contributed by atoms with E-state index in [4.69, 9.17) is 27.9 Å². The van der Waals surface area contributed by atoms with E-state index in [1.165, 1.54) is 0 Å². The van der Waals surface area contributed by atoms with Crippen molar-refractivity contribution >= 4 is 55.1 Å². The molecule has 2 rings (SSSR count). The van der Waals surface area contributed by atoms with E-state index in [-0.39, 0.29) is 5.38 Å². The fourth-order valence-corrected chi connectivity index (χ4v) is 3.30. The van der Waals surface area contributed by atoms with Gasteiger partial charge in [-0.3, -0.25) is 0 Å². The molecule has 0 fully saturated rings. The molecule has 0 bridgehead atoms. The molecule has 0 heterocycles. The molecule has 1 atom stereocenters. The second-order valence-corrected chi connectivity index (χ2v) is 6.70. The number of ether oxygens (including phenoxy) is 1. The fraction of sp³-hybridized carbons (Fsp3) is 0.200. The molecule has 1 nitrogen and oxygen atoms in total. The summed E-state index contributed by atoms with van der Waals surface area (Å²) in [6, 6.07) is 11.5. The fourth-order valence-electron chi connectivity index (χ4n) is 1.82. The van der Waals surface area contributed by atoms with Crippen LogP contribution in [0.25, 0.3) is 0 Å². The Bertz CT molecular complexity index is 617. The van der Waals surface area contributed by atoms with Gasteiger partial charge in [-0.05, 0) is 58.2 Å². The second-order valence-electron chi connectivity index (χ2n) is 4.15. The maximum absolute atomic E-state index is 6.55. The predicted octanol–water partition coefficient (Wildman–Crippen LogP) is 6.59. The van der Waals surface area contributed by atoms with Crippen LogP contribution < -0.4 is 4.74 Å². The van der Waals surface area contributed by atoms with Gasteiger partial charge in [0.05, 0.1) is 17.0 Å². The van der Waals surface area contributed by atoms with Gasteiger partial charge >= 0.3 is 0 Å². The Balaban J connectivity index is 2.32. The van der Waals surface area contributed by atoms with Crippen molar-refractivity contribution in [2.24, 2.45) is 0 Å². The van der Waals surface area contributed by atoms with Gasteiger partial charge in [0.15, 0.2) is 0 Å². The number of hydrogen-bond donors (Lipinski definition) is 0. The first kappa shape index (κ1) is 16.2. The molecule has 0 spiro atoms. The monoisotopic (exact) mass is 436 g/mol. The largest absolute Gasteiger partial charge is 0.494 e. The predicted molar refractivity (Wildman–Crippen MR) is 92.2 cm³/mol. The molecule has 0 saturated carbocycles. The van der Waals surface area contributed by atoms with Crippen LogP contribution in [0.3, 0.4) is 0 Å². The van der Waals surface area contributed by atoms with Gasteiger partial charge in [0.1, 0.15) is 5.75 Å². The first-order valence-corrected chi connectivity index (χ1v) is 8.44. The lowest BCUT2D eigenvalue weighted by molar-refractivity contribution is 0.340. The Morgan fingerprint density at radius 3 is 2.45 bits per heavy atom. The average molecular weight is 439 g/mol. The number of rotatable bonds is 4. The lowest BCUT2D eigenvalue weighted by atomic mass is 10.0. The van der Waals surface area contributed by atoms with Gasteiger partial charge in [-0.1, -0.05) is 39.7 Å². The minimum Gasteiger partial charge on any atom is -0.494 e. The Kier molecular flexibility index (Phi) is 5.79. The average Bonchev–Trinajstić information content (AvgIpc) is 2.42. The molecule has 1 unspecified atom stereocenters. The van der Waals surface area contributed by atoms with Crippen molar-refractivity contribution in [3.8, 4) is 5.75 Å². The lowest BCUT2D eigenvalue weighted by Crippen LogP contribution is -1.97. The van der Waals surface area contributed by atoms with Crippen molar-refractivity contribution in [3.63, 3.8) is 0 Å². The van der Waals surface area contributed by atoms with Crippen LogP contribution in [0.4, 0.5) is 0 Å². The van der Waals surface area contributed by atoms with Gasteiger partial charge in [0.25, 0.3) is 0 Å². The number of hydrogen-bond acceptors (Lipinski definition) is 1. The van der Waals surface area contributed by atoms with Crippen LogP contribution in [-0.2, 0) is 0 Å². The molecule has 0 aliphatic rings. The Morgan fingerprint density at radius 1 is 1.10 bits per heavy atom. The molecule has 0 N–H and O–H groups in total. The first-order chi connectivity index (χ1) is 9.52. The summed E-state index contributed by atoms with van der Waals surface area (Å²) < 4.78 is 7.24. The topological polar surface area (TPSA) is 9.23 Å². The summed E-state index contributed by atoms with van der Waals surface area (Å²) in [4.78, 5) is 0. The van der Waals surface area contributed by atoms with Crippen LogP contribution in [0, 0.1) is 0 Å². The van der Waals surface area contributed by atoms with E-state index in [0.29, 0.717) is 11.6 Å². The summed E-state index contributed by atoms with van der Waals surface area (Å²) in [7, 11) is 0. The summed E-state index contributed by atoms with van der Waals surface area (Å²) in [6.07, 6.45) is 0. The minimum atomic E-state index is -0.273. The van der Waals surface area contributed by atoms with Gasteiger partial charge in [-0.15, -0.1) is 11.6 Å². The van der Waals surface area contributed by atoms with E-state index in [0.717, 1.165) is 25.8 Å². The van der Waals surface area contributed by atoms with Gasteiger partial charge in [-0.25, -0.2) is 0 Å². The van der Waals surface area contributed by atoms with E-state index >= 15 is 0 Å². The first-order valence-electron chi connectivity index (χ1n) is 6.04. The highest BCUT2D eigenvalue weighted by Gasteiger charge is 2.15. The highest BCUT2D eigenvalue weighted by Crippen LogP contribution is 2.37. The summed E-state index contributed by atoms with van der Waals surface area (Å²) in [5, 5.41) is 0.376. The van der Waals surface area contributed by atoms with Crippen LogP contribution in [0.1, 0.15) is 23.4 Å². The molecule has 106 valence electrons. The van der Waals surface area contributed by atoms with Gasteiger partial charge in [0, 0.05) is 8.95 Å². The van der Waals surface area contributed by atoms with Crippen molar-refractivity contribution in [1.29, 1.82) is 0 Å². The number of halogens is 4. The van der Waals surface area contributed by atoms with Crippen molar-refractivity contribution < 1.29 is 4.74 Å². The van der Waals surface area contributed by atoms with E-state index in [9.17, 15) is 0 Å². The lowest BCUT2D eigenvalue weighted by Gasteiger charge is -2.14. The van der Waals surface area contributed by atoms with Crippen molar-refractivity contribution in [2.45, 2.75) is 12.3 Å². The summed E-state index contributed by atoms with van der Waals surface area (Å²) >= 11 is 19.6. The highest BCUT2D eigenvalue weighted by atomic mass is 79.9. The zero-order valence-corrected chi connectivity index (χ0v) is 15.4. The maximum Gasteiger partial charge on any atom is 0.120 e. The van der Waals surface area contributed by atoms with Crippen molar-refractivity contribution in [3.05, 3.63) is 61.5 Å². The summed E-state index contributed by atoms with van der Waals surface area (Å²) in [6.45, 7) is 2.59. The van der Waals surface area contributed by atoms with E-state index in [2.05, 4.69) is 31.9 Å². The van der Waals surface area contributed by atoms with E-state index < -0.39 is 0 Å². The molecule has 2 aromatic rings. The SMILES string of the molecule is CCOc1ccc(C(Cl)c2ccc(Br)c(Cl)c2)c(Br)c1. The molecular formula is C15H12Br2Cl2O. The Labute approximate surface area is 145 Å². The molecule has 0 aromatic heterocycles. The molecule has 5 heteroatoms. The Hall–Kier alpha value is -0.220. The number of alkyl halides is 1. The molecule has 0 saturated heterocycles. The van der Waals surface area contributed by atoms with E-state index in [1.54, 1.807) is 0 Å². The molecule has 0 radical (unpaired) electrons. The van der Waals surface area contributed by atoms with Crippen molar-refractivity contribution in [1.82, 2.24) is 0 Å². The smallest absolute Gasteiger partial charge is 0.120 e. The molecule has 0 aliphatic heterocycles. The third kappa shape index (κ3) is 3.70. The quantitative estimate of drug-likeness (QED) is 0.489. The summed E-state index contributed by atoms with van der Waals surface area (Å²) in [5.74, 6) is 0.820. The van der Waals surface area contributed by atoms with Crippen LogP contribution in [0.15, 0.2) is 45.3 Å². The third-order valence-electron chi connectivity index (χ3n) is 2.79. The molecule has 0 amide bonds. The second kappa shape index (κ2) is 7.17. The molecular weight excluding hydrogens is 427 g/mol. The molecule has 0 aliphatic carbocycles. The number of benzene rings is 2. The summed E-state index contributed by atoms with van der Waals surface area (Å²) in [5.41, 5.74) is 1.93. The maximum atomic E-state index is 6.55. The molecule has 2 aromatic carbocycles. The minimum absolute atomic E-state index is 0.273. The van der Waals surface area contributed by atoms with Crippen LogP contribution >= 0.6 is 55.1 Å². The Morgan fingerprint density at radius 2 is 1.85 bits per heavy atom. The molecule has 20 heavy (non-hydrogen) atoms. The van der Waals surface area contributed by atoms with Gasteiger partial charge in [-0.2, -0.15) is 0 Å². The zero-order valence-electron chi connectivity index (χ0n) is 10.7. The van der Waals surface area contributed by atoms with E-state index in [1.807, 2.05) is 43.3 Å². The standard InChI is InChI=1S/C15H12Br2Cl2O/c1-2-20-10-4-5-11(13(17)8-10)15(19)9-3-6-12(16)14(18)7-9/h3-8,15H,2H2,1H3. The van der Waals surface area contributed by atoms with Gasteiger partial charge in [0.2, 0.25) is 0 Å². The third-order valence-corrected chi connectivity index (χ3v) is 5.20.